The van der Waals surface area contributed by atoms with Crippen molar-refractivity contribution in [2.45, 2.75) is 58.3 Å². The maximum Gasteiger partial charge on any atom is 0.492 e. The number of nitrogens with zero attached hydrogens (tertiary/aromatic N) is 2. The first-order valence-corrected chi connectivity index (χ1v) is 11.4. The van der Waals surface area contributed by atoms with Crippen molar-refractivity contribution in [3.05, 3.63) is 66.5 Å². The molecule has 1 aromatic heterocycles. The van der Waals surface area contributed by atoms with Crippen molar-refractivity contribution >= 4 is 5.97 Å². The highest BCUT2D eigenvalue weighted by atomic mass is 19.4. The van der Waals surface area contributed by atoms with Gasteiger partial charge < -0.3 is 9.82 Å². The highest BCUT2D eigenvalue weighted by Crippen LogP contribution is 2.38. The molecule has 0 unspecified atom stereocenters. The highest BCUT2D eigenvalue weighted by Gasteiger charge is 2.44. The Labute approximate surface area is 196 Å². The molecular formula is C26H28F3N3O2. The zero-order valence-corrected chi connectivity index (χ0v) is 19.2. The fourth-order valence-electron chi connectivity index (χ4n) is 4.32. The normalized spacial score (nSPS) is 16.5. The quantitative estimate of drug-likeness (QED) is 0.415. The number of benzene rings is 2. The Hall–Kier alpha value is -3.13. The molecule has 0 amide bonds. The van der Waals surface area contributed by atoms with Gasteiger partial charge in [0.15, 0.2) is 0 Å². The van der Waals surface area contributed by atoms with Gasteiger partial charge in [0.05, 0.1) is 6.54 Å². The Morgan fingerprint density at radius 3 is 2.38 bits per heavy atom. The molecule has 8 heteroatoms. The van der Waals surface area contributed by atoms with Gasteiger partial charge in [0, 0.05) is 24.0 Å². The molecule has 1 saturated carbocycles. The van der Waals surface area contributed by atoms with Gasteiger partial charge in [-0.3, -0.25) is 0 Å². The second kappa shape index (κ2) is 9.62. The lowest BCUT2D eigenvalue weighted by molar-refractivity contribution is -0.252. The van der Waals surface area contributed by atoms with Gasteiger partial charge in [-0.25, -0.2) is 9.78 Å². The maximum absolute atomic E-state index is 12.9. The van der Waals surface area contributed by atoms with Gasteiger partial charge in [0.2, 0.25) is 0 Å². The van der Waals surface area contributed by atoms with Gasteiger partial charge in [0.1, 0.15) is 5.82 Å². The van der Waals surface area contributed by atoms with E-state index < -0.39 is 12.1 Å². The number of nitrogens with one attached hydrogen (secondary N) is 1. The number of alkyl halides is 3. The Morgan fingerprint density at radius 1 is 1.09 bits per heavy atom. The molecule has 34 heavy (non-hydrogen) atoms. The SMILES string of the molecule is CC1(C)CCC(N(Cc2ccc(-c3cccc(-c4ncc[nH]4)c3)cc2)OC(=O)C(F)(F)F)CC1. The van der Waals surface area contributed by atoms with Crippen LogP contribution in [0.1, 0.15) is 45.1 Å². The molecule has 2 aromatic carbocycles. The average Bonchev–Trinajstić information content (AvgIpc) is 3.34. The molecule has 4 rings (SSSR count). The van der Waals surface area contributed by atoms with E-state index in [-0.39, 0.29) is 18.0 Å². The van der Waals surface area contributed by atoms with E-state index in [1.165, 1.54) is 5.06 Å². The number of H-pyrrole nitrogens is 1. The summed E-state index contributed by atoms with van der Waals surface area (Å²) in [4.78, 5) is 23.8. The third-order valence-corrected chi connectivity index (χ3v) is 6.41. The molecule has 1 heterocycles. The van der Waals surface area contributed by atoms with Crippen LogP contribution in [0.5, 0.6) is 0 Å². The summed E-state index contributed by atoms with van der Waals surface area (Å²) >= 11 is 0. The minimum atomic E-state index is -5.03. The van der Waals surface area contributed by atoms with Crippen molar-refractivity contribution < 1.29 is 22.8 Å². The molecule has 0 atom stereocenters. The van der Waals surface area contributed by atoms with Crippen LogP contribution in [-0.2, 0) is 16.2 Å². The lowest BCUT2D eigenvalue weighted by Crippen LogP contribution is -2.43. The summed E-state index contributed by atoms with van der Waals surface area (Å²) in [6, 6.07) is 15.2. The summed E-state index contributed by atoms with van der Waals surface area (Å²) < 4.78 is 38.7. The van der Waals surface area contributed by atoms with Gasteiger partial charge in [-0.1, -0.05) is 56.3 Å². The fourth-order valence-corrected chi connectivity index (χ4v) is 4.32. The lowest BCUT2D eigenvalue weighted by Gasteiger charge is -2.39. The molecule has 3 aromatic rings. The van der Waals surface area contributed by atoms with Crippen LogP contribution >= 0.6 is 0 Å². The predicted octanol–water partition coefficient (Wildman–Crippen LogP) is 6.54. The van der Waals surface area contributed by atoms with E-state index in [4.69, 9.17) is 4.84 Å². The molecule has 0 saturated heterocycles. The van der Waals surface area contributed by atoms with Gasteiger partial charge in [-0.2, -0.15) is 13.2 Å². The van der Waals surface area contributed by atoms with Crippen molar-refractivity contribution in [1.29, 1.82) is 0 Å². The molecule has 0 spiro atoms. The van der Waals surface area contributed by atoms with E-state index >= 15 is 0 Å². The first-order chi connectivity index (χ1) is 16.1. The summed E-state index contributed by atoms with van der Waals surface area (Å²) in [6.07, 6.45) is 1.51. The van der Waals surface area contributed by atoms with Crippen LogP contribution in [-0.4, -0.2) is 33.2 Å². The smallest absolute Gasteiger partial charge is 0.360 e. The van der Waals surface area contributed by atoms with Crippen LogP contribution in [0.3, 0.4) is 0 Å². The topological polar surface area (TPSA) is 58.2 Å². The number of hydrogen-bond acceptors (Lipinski definition) is 4. The Bertz CT molecular complexity index is 1100. The highest BCUT2D eigenvalue weighted by molar-refractivity contribution is 5.75. The Balaban J connectivity index is 1.50. The number of imidazole rings is 1. The molecule has 5 nitrogen and oxygen atoms in total. The van der Waals surface area contributed by atoms with Crippen LogP contribution in [0.4, 0.5) is 13.2 Å². The monoisotopic (exact) mass is 471 g/mol. The van der Waals surface area contributed by atoms with Crippen molar-refractivity contribution in [2.24, 2.45) is 5.41 Å². The van der Waals surface area contributed by atoms with Gasteiger partial charge in [-0.15, -0.1) is 5.06 Å². The Kier molecular flexibility index (Phi) is 6.79. The molecule has 0 aliphatic heterocycles. The van der Waals surface area contributed by atoms with Crippen molar-refractivity contribution in [1.82, 2.24) is 15.0 Å². The lowest BCUT2D eigenvalue weighted by atomic mass is 9.75. The summed E-state index contributed by atoms with van der Waals surface area (Å²) in [7, 11) is 0. The molecule has 1 fully saturated rings. The third-order valence-electron chi connectivity index (χ3n) is 6.41. The summed E-state index contributed by atoms with van der Waals surface area (Å²) in [5.41, 5.74) is 3.83. The molecular weight excluding hydrogens is 443 g/mol. The minimum Gasteiger partial charge on any atom is -0.360 e. The second-order valence-corrected chi connectivity index (χ2v) is 9.56. The average molecular weight is 472 g/mol. The van der Waals surface area contributed by atoms with E-state index in [9.17, 15) is 18.0 Å². The van der Waals surface area contributed by atoms with Crippen molar-refractivity contribution in [2.75, 3.05) is 0 Å². The zero-order valence-electron chi connectivity index (χ0n) is 19.2. The van der Waals surface area contributed by atoms with Gasteiger partial charge in [-0.05, 0) is 53.9 Å². The zero-order chi connectivity index (χ0) is 24.3. The molecule has 1 N–H and O–H groups in total. The fraction of sp³-hybridized carbons (Fsp3) is 0.385. The van der Waals surface area contributed by atoms with Crippen LogP contribution < -0.4 is 0 Å². The molecule has 1 aliphatic carbocycles. The molecule has 1 aliphatic rings. The number of hydroxylamine groups is 2. The van der Waals surface area contributed by atoms with E-state index in [1.54, 1.807) is 12.4 Å². The van der Waals surface area contributed by atoms with E-state index in [0.717, 1.165) is 40.9 Å². The second-order valence-electron chi connectivity index (χ2n) is 9.56. The number of carbonyl (C=O) groups is 1. The van der Waals surface area contributed by atoms with Crippen LogP contribution in [0.25, 0.3) is 22.5 Å². The number of rotatable bonds is 6. The van der Waals surface area contributed by atoms with Gasteiger partial charge in [0.25, 0.3) is 0 Å². The number of hydrogen-bond donors (Lipinski definition) is 1. The van der Waals surface area contributed by atoms with Crippen LogP contribution in [0.2, 0.25) is 0 Å². The first kappa shape index (κ1) is 24.0. The summed E-state index contributed by atoms with van der Waals surface area (Å²) in [5, 5.41) is 1.22. The number of halogens is 3. The van der Waals surface area contributed by atoms with E-state index in [2.05, 4.69) is 23.8 Å². The standard InChI is InChI=1S/C26H28F3N3O2/c1-25(2)12-10-22(11-13-25)32(34-24(33)26(27,28)29)17-18-6-8-19(9-7-18)20-4-3-5-21(16-20)23-30-14-15-31-23/h3-9,14-16,22H,10-13,17H2,1-2H3,(H,30,31). The summed E-state index contributed by atoms with van der Waals surface area (Å²) in [5.74, 6) is -1.40. The van der Waals surface area contributed by atoms with Crippen LogP contribution in [0, 0.1) is 5.41 Å². The minimum absolute atomic E-state index is 0.0969. The largest absolute Gasteiger partial charge is 0.492 e. The number of aromatic amines is 1. The molecule has 180 valence electrons. The van der Waals surface area contributed by atoms with Gasteiger partial charge >= 0.3 is 12.1 Å². The first-order valence-electron chi connectivity index (χ1n) is 11.4. The molecule has 0 bridgehead atoms. The van der Waals surface area contributed by atoms with Crippen molar-refractivity contribution in [3.63, 3.8) is 0 Å². The van der Waals surface area contributed by atoms with Crippen LogP contribution in [0.15, 0.2) is 60.9 Å². The third kappa shape index (κ3) is 5.86. The Morgan fingerprint density at radius 2 is 1.76 bits per heavy atom. The van der Waals surface area contributed by atoms with E-state index in [0.29, 0.717) is 12.8 Å². The summed E-state index contributed by atoms with van der Waals surface area (Å²) in [6.45, 7) is 4.39. The predicted molar refractivity (Wildman–Crippen MR) is 123 cm³/mol. The van der Waals surface area contributed by atoms with E-state index in [1.807, 2.05) is 48.5 Å². The molecule has 0 radical (unpaired) electrons. The number of carbonyl (C=O) groups excluding carboxylic acids is 1. The maximum atomic E-state index is 12.9. The van der Waals surface area contributed by atoms with Crippen molar-refractivity contribution in [3.8, 4) is 22.5 Å². The number of aromatic nitrogens is 2.